The summed E-state index contributed by atoms with van der Waals surface area (Å²) in [6, 6.07) is 15.2. The quantitative estimate of drug-likeness (QED) is 0.239. The summed E-state index contributed by atoms with van der Waals surface area (Å²) in [5.74, 6) is -0.644. The van der Waals surface area contributed by atoms with Crippen molar-refractivity contribution in [3.05, 3.63) is 78.3 Å². The zero-order valence-corrected chi connectivity index (χ0v) is 22.1. The maximum Gasteiger partial charge on any atom is 0.245 e. The highest BCUT2D eigenvalue weighted by atomic mass is 16.2. The number of benzene rings is 2. The predicted octanol–water partition coefficient (Wildman–Crippen LogP) is 4.36. The van der Waals surface area contributed by atoms with Crippen LogP contribution in [0.1, 0.15) is 38.3 Å². The summed E-state index contributed by atoms with van der Waals surface area (Å²) in [4.78, 5) is 46.4. The standard InChI is InChI=1S/C30H35N5O3/c1-20(2)16-28(34-21(3)36)30(38)35(15-13-23-18-33-27-11-7-5-9-25(23)27)19-29(37)31-14-12-22-17-32-26-10-6-4-8-24(22)26/h4-12,14,17-18,20,28,32-33H,13,15-16,19H2,1-3H3,(H,31,37)(H,34,36)/b14-12-/t28-/m1/s1. The number of aromatic nitrogens is 2. The molecule has 0 aliphatic carbocycles. The van der Waals surface area contributed by atoms with Gasteiger partial charge in [0.15, 0.2) is 0 Å². The number of hydrogen-bond acceptors (Lipinski definition) is 3. The SMILES string of the molecule is CC(=O)N[C@H](CC(C)C)C(=O)N(CCc1c[nH]c2ccccc12)CC(=O)N/C=C\c1c[nH]c2ccccc12. The number of aromatic amines is 2. The molecule has 1 atom stereocenters. The van der Waals surface area contributed by atoms with Gasteiger partial charge in [-0.2, -0.15) is 0 Å². The minimum atomic E-state index is -0.690. The van der Waals surface area contributed by atoms with Crippen molar-refractivity contribution in [2.45, 2.75) is 39.7 Å². The van der Waals surface area contributed by atoms with Gasteiger partial charge in [0.05, 0.1) is 6.54 Å². The van der Waals surface area contributed by atoms with Crippen molar-refractivity contribution in [3.8, 4) is 0 Å². The Morgan fingerprint density at radius 1 is 0.947 bits per heavy atom. The molecule has 0 spiro atoms. The van der Waals surface area contributed by atoms with Gasteiger partial charge in [0, 0.05) is 59.4 Å². The molecule has 8 nitrogen and oxygen atoms in total. The van der Waals surface area contributed by atoms with Crippen LogP contribution in [0, 0.1) is 5.92 Å². The van der Waals surface area contributed by atoms with Gasteiger partial charge in [0.25, 0.3) is 0 Å². The van der Waals surface area contributed by atoms with Gasteiger partial charge in [0.2, 0.25) is 17.7 Å². The minimum Gasteiger partial charge on any atom is -0.361 e. The Morgan fingerprint density at radius 3 is 2.32 bits per heavy atom. The average Bonchev–Trinajstić information content (AvgIpc) is 3.49. The van der Waals surface area contributed by atoms with Gasteiger partial charge in [-0.25, -0.2) is 0 Å². The molecule has 0 radical (unpaired) electrons. The zero-order valence-electron chi connectivity index (χ0n) is 22.1. The van der Waals surface area contributed by atoms with Crippen LogP contribution in [0.4, 0.5) is 0 Å². The largest absolute Gasteiger partial charge is 0.361 e. The van der Waals surface area contributed by atoms with Gasteiger partial charge in [-0.15, -0.1) is 0 Å². The van der Waals surface area contributed by atoms with E-state index in [4.69, 9.17) is 0 Å². The van der Waals surface area contributed by atoms with E-state index in [1.165, 1.54) is 6.92 Å². The highest BCUT2D eigenvalue weighted by Gasteiger charge is 2.27. The van der Waals surface area contributed by atoms with E-state index in [0.29, 0.717) is 19.4 Å². The monoisotopic (exact) mass is 513 g/mol. The van der Waals surface area contributed by atoms with Crippen molar-refractivity contribution in [1.29, 1.82) is 0 Å². The molecule has 2 heterocycles. The number of amides is 3. The van der Waals surface area contributed by atoms with Crippen LogP contribution in [0.5, 0.6) is 0 Å². The number of hydrogen-bond donors (Lipinski definition) is 4. The highest BCUT2D eigenvalue weighted by Crippen LogP contribution is 2.20. The van der Waals surface area contributed by atoms with Crippen LogP contribution in [-0.2, 0) is 20.8 Å². The maximum atomic E-state index is 13.6. The third-order valence-corrected chi connectivity index (χ3v) is 6.48. The van der Waals surface area contributed by atoms with Gasteiger partial charge in [-0.1, -0.05) is 50.2 Å². The lowest BCUT2D eigenvalue weighted by Gasteiger charge is -2.28. The van der Waals surface area contributed by atoms with E-state index in [9.17, 15) is 14.4 Å². The number of nitrogens with one attached hydrogen (secondary N) is 4. The van der Waals surface area contributed by atoms with Crippen LogP contribution in [0.3, 0.4) is 0 Å². The molecule has 8 heteroatoms. The maximum absolute atomic E-state index is 13.6. The molecule has 3 amide bonds. The third-order valence-electron chi connectivity index (χ3n) is 6.48. The molecule has 0 aliphatic rings. The van der Waals surface area contributed by atoms with Crippen molar-refractivity contribution >= 4 is 45.6 Å². The number of carbonyl (C=O) groups is 3. The Balaban J connectivity index is 1.48. The Bertz CT molecular complexity index is 1450. The fourth-order valence-corrected chi connectivity index (χ4v) is 4.69. The lowest BCUT2D eigenvalue weighted by atomic mass is 10.0. The molecule has 2 aromatic heterocycles. The van der Waals surface area contributed by atoms with Gasteiger partial charge in [0.1, 0.15) is 6.04 Å². The summed E-state index contributed by atoms with van der Waals surface area (Å²) in [7, 11) is 0. The van der Waals surface area contributed by atoms with Crippen LogP contribution in [0.2, 0.25) is 0 Å². The first-order chi connectivity index (χ1) is 18.3. The molecular weight excluding hydrogens is 478 g/mol. The topological polar surface area (TPSA) is 110 Å². The predicted molar refractivity (Wildman–Crippen MR) is 151 cm³/mol. The second-order valence-corrected chi connectivity index (χ2v) is 9.94. The molecule has 0 saturated carbocycles. The molecule has 0 unspecified atom stereocenters. The van der Waals surface area contributed by atoms with E-state index >= 15 is 0 Å². The number of rotatable bonds is 11. The van der Waals surface area contributed by atoms with E-state index in [-0.39, 0.29) is 30.2 Å². The number of para-hydroxylation sites is 2. The van der Waals surface area contributed by atoms with Gasteiger partial charge < -0.3 is 25.5 Å². The second kappa shape index (κ2) is 12.3. The third kappa shape index (κ3) is 6.70. The second-order valence-electron chi connectivity index (χ2n) is 9.94. The first kappa shape index (κ1) is 26.7. The van der Waals surface area contributed by atoms with Crippen molar-refractivity contribution in [1.82, 2.24) is 25.5 Å². The minimum absolute atomic E-state index is 0.117. The lowest BCUT2D eigenvalue weighted by Crippen LogP contribution is -2.51. The van der Waals surface area contributed by atoms with Crippen molar-refractivity contribution in [2.75, 3.05) is 13.1 Å². The number of carbonyl (C=O) groups excluding carboxylic acids is 3. The average molecular weight is 514 g/mol. The van der Waals surface area contributed by atoms with E-state index in [0.717, 1.165) is 32.9 Å². The summed E-state index contributed by atoms with van der Waals surface area (Å²) >= 11 is 0. The number of nitrogens with zero attached hydrogens (tertiary/aromatic N) is 1. The summed E-state index contributed by atoms with van der Waals surface area (Å²) in [6.07, 6.45) is 8.31. The molecular formula is C30H35N5O3. The molecule has 4 N–H and O–H groups in total. The van der Waals surface area contributed by atoms with Gasteiger partial charge in [-0.05, 0) is 42.5 Å². The van der Waals surface area contributed by atoms with E-state index in [1.807, 2.05) is 80.8 Å². The Morgan fingerprint density at radius 2 is 1.61 bits per heavy atom. The molecule has 198 valence electrons. The fourth-order valence-electron chi connectivity index (χ4n) is 4.69. The van der Waals surface area contributed by atoms with Gasteiger partial charge >= 0.3 is 0 Å². The highest BCUT2D eigenvalue weighted by molar-refractivity contribution is 5.92. The fraction of sp³-hybridized carbons (Fsp3) is 0.300. The summed E-state index contributed by atoms with van der Waals surface area (Å²) in [5, 5.41) is 7.72. The molecule has 38 heavy (non-hydrogen) atoms. The summed E-state index contributed by atoms with van der Waals surface area (Å²) < 4.78 is 0. The Labute approximate surface area is 222 Å². The van der Waals surface area contributed by atoms with E-state index in [2.05, 4.69) is 20.6 Å². The lowest BCUT2D eigenvalue weighted by molar-refractivity contribution is -0.139. The molecule has 0 aliphatic heterocycles. The smallest absolute Gasteiger partial charge is 0.245 e. The van der Waals surface area contributed by atoms with Crippen LogP contribution in [0.15, 0.2) is 67.1 Å². The number of fused-ring (bicyclic) bond motifs is 2. The van der Waals surface area contributed by atoms with Crippen molar-refractivity contribution < 1.29 is 14.4 Å². The first-order valence-corrected chi connectivity index (χ1v) is 12.9. The van der Waals surface area contributed by atoms with Crippen molar-refractivity contribution in [3.63, 3.8) is 0 Å². The zero-order chi connectivity index (χ0) is 27.1. The molecule has 0 saturated heterocycles. The molecule has 4 aromatic rings. The van der Waals surface area contributed by atoms with Crippen LogP contribution in [-0.4, -0.2) is 51.7 Å². The molecule has 4 rings (SSSR count). The normalized spacial score (nSPS) is 12.3. The Kier molecular flexibility index (Phi) is 8.63. The summed E-state index contributed by atoms with van der Waals surface area (Å²) in [6.45, 7) is 5.63. The van der Waals surface area contributed by atoms with Crippen molar-refractivity contribution in [2.24, 2.45) is 5.92 Å². The first-order valence-electron chi connectivity index (χ1n) is 12.9. The number of H-pyrrole nitrogens is 2. The molecule has 0 fully saturated rings. The van der Waals surface area contributed by atoms with Crippen LogP contribution >= 0.6 is 0 Å². The Hall–Kier alpha value is -4.33. The van der Waals surface area contributed by atoms with E-state index < -0.39 is 6.04 Å². The van der Waals surface area contributed by atoms with Gasteiger partial charge in [-0.3, -0.25) is 14.4 Å². The van der Waals surface area contributed by atoms with Crippen LogP contribution < -0.4 is 10.6 Å². The van der Waals surface area contributed by atoms with E-state index in [1.54, 1.807) is 11.1 Å². The molecule has 0 bridgehead atoms. The molecule has 2 aromatic carbocycles. The van der Waals surface area contributed by atoms with Crippen LogP contribution in [0.25, 0.3) is 27.9 Å². The summed E-state index contributed by atoms with van der Waals surface area (Å²) in [5.41, 5.74) is 4.06.